The Kier molecular flexibility index (Phi) is 6.48. The fourth-order valence-corrected chi connectivity index (χ4v) is 3.34. The van der Waals surface area contributed by atoms with Gasteiger partial charge in [-0.05, 0) is 68.8 Å². The zero-order chi connectivity index (χ0) is 22.7. The lowest BCUT2D eigenvalue weighted by molar-refractivity contribution is 0.767. The Morgan fingerprint density at radius 3 is 2.31 bits per heavy atom. The first kappa shape index (κ1) is 21.9. The van der Waals surface area contributed by atoms with Crippen LogP contribution in [-0.2, 0) is 0 Å². The molecule has 0 saturated heterocycles. The van der Waals surface area contributed by atoms with Gasteiger partial charge in [-0.15, -0.1) is 0 Å². The minimum absolute atomic E-state index is 0.287. The van der Waals surface area contributed by atoms with E-state index in [-0.39, 0.29) is 5.95 Å². The summed E-state index contributed by atoms with van der Waals surface area (Å²) in [7, 11) is 0. The summed E-state index contributed by atoms with van der Waals surface area (Å²) in [6.45, 7) is 5.77. The van der Waals surface area contributed by atoms with Crippen LogP contribution >= 0.6 is 27.5 Å². The van der Waals surface area contributed by atoms with Crippen molar-refractivity contribution in [3.05, 3.63) is 81.0 Å². The number of aryl methyl sites for hydroxylation is 2. The number of aromatic nitrogens is 5. The molecule has 2 aromatic carbocycles. The molecule has 0 bridgehead atoms. The summed E-state index contributed by atoms with van der Waals surface area (Å²) in [6, 6.07) is 17.1. The normalized spacial score (nSPS) is 11.5. The lowest BCUT2D eigenvalue weighted by Gasteiger charge is -2.10. The van der Waals surface area contributed by atoms with Gasteiger partial charge in [-0.1, -0.05) is 39.7 Å². The van der Waals surface area contributed by atoms with Gasteiger partial charge in [0.05, 0.1) is 11.4 Å². The molecule has 32 heavy (non-hydrogen) atoms. The molecule has 10 heteroatoms. The lowest BCUT2D eigenvalue weighted by Crippen LogP contribution is -2.11. The number of anilines is 3. The molecule has 4 rings (SSSR count). The topological polar surface area (TPSA) is 92.9 Å². The van der Waals surface area contributed by atoms with E-state index in [4.69, 9.17) is 11.6 Å². The summed E-state index contributed by atoms with van der Waals surface area (Å²) in [4.78, 5) is 13.5. The molecule has 0 unspecified atom stereocenters. The Hall–Kier alpha value is -3.30. The van der Waals surface area contributed by atoms with Crippen LogP contribution in [0, 0.1) is 13.8 Å². The second kappa shape index (κ2) is 9.46. The smallest absolute Gasteiger partial charge is 0.257 e. The second-order valence-corrected chi connectivity index (χ2v) is 8.42. The third-order valence-electron chi connectivity index (χ3n) is 4.51. The summed E-state index contributed by atoms with van der Waals surface area (Å²) in [5.74, 6) is 1.01. The molecule has 0 fully saturated rings. The number of hydrogen-bond donors (Lipinski definition) is 2. The van der Waals surface area contributed by atoms with Crippen molar-refractivity contribution in [3.63, 3.8) is 0 Å². The highest BCUT2D eigenvalue weighted by Crippen LogP contribution is 2.19. The van der Waals surface area contributed by atoms with E-state index in [2.05, 4.69) is 51.8 Å². The Morgan fingerprint density at radius 1 is 0.969 bits per heavy atom. The molecular weight excluding hydrogens is 492 g/mol. The number of rotatable bonds is 6. The van der Waals surface area contributed by atoms with Crippen LogP contribution in [-0.4, -0.2) is 30.4 Å². The number of hydrazone groups is 1. The van der Waals surface area contributed by atoms with Crippen molar-refractivity contribution in [1.29, 1.82) is 0 Å². The van der Waals surface area contributed by atoms with Crippen LogP contribution < -0.4 is 10.7 Å². The van der Waals surface area contributed by atoms with Gasteiger partial charge < -0.3 is 5.32 Å². The molecule has 8 nitrogen and oxygen atoms in total. The lowest BCUT2D eigenvalue weighted by atomic mass is 10.1. The van der Waals surface area contributed by atoms with Crippen LogP contribution in [0.15, 0.2) is 64.2 Å². The van der Waals surface area contributed by atoms with Crippen LogP contribution in [0.1, 0.15) is 23.9 Å². The van der Waals surface area contributed by atoms with Gasteiger partial charge in [-0.2, -0.15) is 25.2 Å². The zero-order valence-corrected chi connectivity index (χ0v) is 20.0. The predicted octanol–water partition coefficient (Wildman–Crippen LogP) is 5.67. The van der Waals surface area contributed by atoms with Gasteiger partial charge in [0.15, 0.2) is 0 Å². The summed E-state index contributed by atoms with van der Waals surface area (Å²) in [5, 5.41) is 12.7. The van der Waals surface area contributed by atoms with Crippen LogP contribution in [0.4, 0.5) is 17.6 Å². The fraction of sp³-hybridized carbons (Fsp3) is 0.136. The molecule has 2 aromatic heterocycles. The zero-order valence-electron chi connectivity index (χ0n) is 17.6. The molecule has 0 spiro atoms. The maximum absolute atomic E-state index is 5.99. The standard InChI is InChI=1S/C22H20BrClN8/c1-13-12-14(2)32(31-13)22-27-20(25-19-10-8-18(24)9-11-19)26-21(28-22)30-29-15(3)16-4-6-17(23)7-5-16/h4-12H,1-3H3,(H2,25,26,27,28,30)/b29-15+. The van der Waals surface area contributed by atoms with Gasteiger partial charge in [0.2, 0.25) is 11.9 Å². The maximum atomic E-state index is 5.99. The Balaban J connectivity index is 1.67. The van der Waals surface area contributed by atoms with Crippen molar-refractivity contribution < 1.29 is 0 Å². The largest absolute Gasteiger partial charge is 0.324 e. The van der Waals surface area contributed by atoms with Crippen molar-refractivity contribution >= 4 is 50.8 Å². The summed E-state index contributed by atoms with van der Waals surface area (Å²) >= 11 is 9.43. The number of benzene rings is 2. The molecule has 2 heterocycles. The van der Waals surface area contributed by atoms with Crippen molar-refractivity contribution in [1.82, 2.24) is 24.7 Å². The minimum atomic E-state index is 0.287. The summed E-state index contributed by atoms with van der Waals surface area (Å²) in [6.07, 6.45) is 0. The number of hydrogen-bond acceptors (Lipinski definition) is 7. The third-order valence-corrected chi connectivity index (χ3v) is 5.29. The Labute approximate surface area is 198 Å². The van der Waals surface area contributed by atoms with Crippen molar-refractivity contribution in [3.8, 4) is 5.95 Å². The van der Waals surface area contributed by atoms with Gasteiger partial charge in [0.1, 0.15) is 0 Å². The van der Waals surface area contributed by atoms with Crippen LogP contribution in [0.5, 0.6) is 0 Å². The molecule has 0 amide bonds. The van der Waals surface area contributed by atoms with Crippen molar-refractivity contribution in [2.24, 2.45) is 5.10 Å². The number of nitrogens with zero attached hydrogens (tertiary/aromatic N) is 6. The van der Waals surface area contributed by atoms with Gasteiger partial charge in [0.25, 0.3) is 5.95 Å². The van der Waals surface area contributed by atoms with E-state index in [0.717, 1.165) is 32.8 Å². The quantitative estimate of drug-likeness (QED) is 0.256. The molecule has 2 N–H and O–H groups in total. The fourth-order valence-electron chi connectivity index (χ4n) is 2.95. The van der Waals surface area contributed by atoms with E-state index in [0.29, 0.717) is 16.9 Å². The highest BCUT2D eigenvalue weighted by atomic mass is 79.9. The Morgan fingerprint density at radius 2 is 1.66 bits per heavy atom. The predicted molar refractivity (Wildman–Crippen MR) is 131 cm³/mol. The van der Waals surface area contributed by atoms with Crippen LogP contribution in [0.3, 0.4) is 0 Å². The van der Waals surface area contributed by atoms with E-state index in [1.54, 1.807) is 16.8 Å². The number of halogens is 2. The first-order valence-corrected chi connectivity index (χ1v) is 10.9. The van der Waals surface area contributed by atoms with E-state index < -0.39 is 0 Å². The monoisotopic (exact) mass is 510 g/mol. The van der Waals surface area contributed by atoms with Gasteiger partial charge >= 0.3 is 0 Å². The first-order chi connectivity index (χ1) is 15.4. The molecule has 0 aliphatic rings. The van der Waals surface area contributed by atoms with E-state index in [9.17, 15) is 0 Å². The molecule has 0 radical (unpaired) electrons. The van der Waals surface area contributed by atoms with Crippen molar-refractivity contribution in [2.45, 2.75) is 20.8 Å². The highest BCUT2D eigenvalue weighted by Gasteiger charge is 2.12. The molecule has 0 aliphatic heterocycles. The molecular formula is C22H20BrClN8. The summed E-state index contributed by atoms with van der Waals surface area (Å²) in [5.41, 5.74) is 7.28. The average molecular weight is 512 g/mol. The highest BCUT2D eigenvalue weighted by molar-refractivity contribution is 9.10. The molecule has 0 aliphatic carbocycles. The van der Waals surface area contributed by atoms with Crippen LogP contribution in [0.2, 0.25) is 5.02 Å². The first-order valence-electron chi connectivity index (χ1n) is 9.76. The Bertz CT molecular complexity index is 1270. The summed E-state index contributed by atoms with van der Waals surface area (Å²) < 4.78 is 2.67. The van der Waals surface area contributed by atoms with E-state index >= 15 is 0 Å². The number of nitrogens with one attached hydrogen (secondary N) is 2. The maximum Gasteiger partial charge on any atom is 0.257 e. The van der Waals surface area contributed by atoms with Crippen LogP contribution in [0.25, 0.3) is 5.95 Å². The van der Waals surface area contributed by atoms with E-state index in [1.807, 2.05) is 63.2 Å². The molecule has 0 saturated carbocycles. The second-order valence-electron chi connectivity index (χ2n) is 7.07. The minimum Gasteiger partial charge on any atom is -0.324 e. The van der Waals surface area contributed by atoms with Gasteiger partial charge in [0, 0.05) is 20.9 Å². The molecule has 4 aromatic rings. The van der Waals surface area contributed by atoms with Crippen molar-refractivity contribution in [2.75, 3.05) is 10.7 Å². The van der Waals surface area contributed by atoms with E-state index in [1.165, 1.54) is 0 Å². The third kappa shape index (κ3) is 5.30. The molecule has 162 valence electrons. The average Bonchev–Trinajstić information content (AvgIpc) is 3.12. The van der Waals surface area contributed by atoms with Gasteiger partial charge in [-0.3, -0.25) is 0 Å². The molecule has 0 atom stereocenters. The SMILES string of the molecule is C/C(=N\Nc1nc(Nc2ccc(Cl)cc2)nc(-n2nc(C)cc2C)n1)c1ccc(Br)cc1. The van der Waals surface area contributed by atoms with Gasteiger partial charge in [-0.25, -0.2) is 10.1 Å².